The summed E-state index contributed by atoms with van der Waals surface area (Å²) >= 11 is 0. The number of ether oxygens (including phenoxy) is 1. The highest BCUT2D eigenvalue weighted by atomic mass is 19.1. The maximum absolute atomic E-state index is 15.1. The van der Waals surface area contributed by atoms with Crippen molar-refractivity contribution in [2.45, 2.75) is 44.6 Å². The van der Waals surface area contributed by atoms with Gasteiger partial charge < -0.3 is 4.74 Å². The Balaban J connectivity index is 1.43. The van der Waals surface area contributed by atoms with Crippen molar-refractivity contribution in [1.29, 1.82) is 0 Å². The lowest BCUT2D eigenvalue weighted by Gasteiger charge is -2.15. The van der Waals surface area contributed by atoms with Gasteiger partial charge in [-0.15, -0.1) is 0 Å². The molecule has 0 saturated carbocycles. The molecule has 9 heteroatoms. The van der Waals surface area contributed by atoms with Gasteiger partial charge in [0, 0.05) is 12.0 Å². The van der Waals surface area contributed by atoms with Gasteiger partial charge >= 0.3 is 12.3 Å². The number of fused-ring (bicyclic) bond motifs is 4. The molecule has 8 nitrogen and oxygen atoms in total. The van der Waals surface area contributed by atoms with Crippen LogP contribution < -0.4 is 4.90 Å². The summed E-state index contributed by atoms with van der Waals surface area (Å²) in [4.78, 5) is 28.7. The number of amides is 1. The molecule has 5 rings (SSSR count). The molecular weight excluding hydrogens is 401 g/mol. The number of azo groups is 2. The van der Waals surface area contributed by atoms with Gasteiger partial charge in [0.05, 0.1) is 11.7 Å². The number of nitrogens with zero attached hydrogens (tertiary/aromatic N) is 5. The average Bonchev–Trinajstić information content (AvgIpc) is 3.16. The fourth-order valence-corrected chi connectivity index (χ4v) is 4.40. The Bertz CT molecular complexity index is 1150. The van der Waals surface area contributed by atoms with Gasteiger partial charge in [0.2, 0.25) is 5.84 Å². The van der Waals surface area contributed by atoms with Crippen molar-refractivity contribution in [1.82, 2.24) is 0 Å². The zero-order chi connectivity index (χ0) is 21.9. The van der Waals surface area contributed by atoms with Crippen molar-refractivity contribution in [2.24, 2.45) is 15.3 Å². The predicted octanol–water partition coefficient (Wildman–Crippen LogP) is 3.96. The Morgan fingerprint density at radius 2 is 2.26 bits per heavy atom. The molecule has 4 atom stereocenters. The molecule has 0 spiro atoms. The van der Waals surface area contributed by atoms with Crippen LogP contribution in [0.15, 0.2) is 57.8 Å². The minimum atomic E-state index is -0.666. The third kappa shape index (κ3) is 3.03. The van der Waals surface area contributed by atoms with Crippen LogP contribution in [0.5, 0.6) is 0 Å². The second-order valence-electron chi connectivity index (χ2n) is 8.10. The van der Waals surface area contributed by atoms with Gasteiger partial charge in [-0.05, 0) is 47.8 Å². The van der Waals surface area contributed by atoms with Gasteiger partial charge in [0.15, 0.2) is 0 Å². The third-order valence-corrected chi connectivity index (χ3v) is 6.19. The summed E-state index contributed by atoms with van der Waals surface area (Å²) in [6.45, 7) is 7.72. The number of hydrogen-bond donors (Lipinski definition) is 0. The molecule has 0 radical (unpaired) electrons. The van der Waals surface area contributed by atoms with Gasteiger partial charge in [0.1, 0.15) is 18.5 Å². The Morgan fingerprint density at radius 3 is 2.94 bits per heavy atom. The van der Waals surface area contributed by atoms with Gasteiger partial charge in [-0.3, -0.25) is 4.90 Å². The topological polar surface area (TPSA) is 86.7 Å². The van der Waals surface area contributed by atoms with E-state index in [0.29, 0.717) is 29.4 Å². The number of benzene rings is 1. The Morgan fingerprint density at radius 1 is 1.45 bits per heavy atom. The first-order valence-corrected chi connectivity index (χ1v) is 10.1. The lowest BCUT2D eigenvalue weighted by molar-refractivity contribution is -0.443. The highest BCUT2D eigenvalue weighted by Gasteiger charge is 2.59. The maximum Gasteiger partial charge on any atom is 0.415 e. The van der Waals surface area contributed by atoms with Gasteiger partial charge in [0.25, 0.3) is 6.04 Å². The van der Waals surface area contributed by atoms with E-state index in [1.54, 1.807) is 6.08 Å². The molecule has 2 saturated heterocycles. The molecule has 0 aromatic heterocycles. The molecule has 4 aliphatic rings. The van der Waals surface area contributed by atoms with E-state index in [1.807, 2.05) is 29.8 Å². The zero-order valence-corrected chi connectivity index (χ0v) is 17.2. The molecule has 4 heterocycles. The van der Waals surface area contributed by atoms with E-state index >= 15 is 4.39 Å². The molecule has 0 bridgehead atoms. The SMILES string of the molecule is C=CC(=CC=C(C)C1=NC2C(C)[N+]2=N1)c1cc(F)c2c(c1)CC1C(CN=O)OC(=O)N21. The number of carbonyl (C=O) groups excluding carboxylic acids is 1. The zero-order valence-electron chi connectivity index (χ0n) is 17.2. The minimum absolute atomic E-state index is 0.150. The number of aliphatic imine (C=N–C) groups is 1. The molecular formula is C22H21FN5O3+. The fraction of sp³-hybridized carbons (Fsp3) is 0.364. The second kappa shape index (κ2) is 7.04. The Kier molecular flexibility index (Phi) is 4.42. The van der Waals surface area contributed by atoms with Crippen LogP contribution in [0.1, 0.15) is 25.0 Å². The quantitative estimate of drug-likeness (QED) is 0.301. The van der Waals surface area contributed by atoms with Gasteiger partial charge in [-0.25, -0.2) is 9.18 Å². The maximum atomic E-state index is 15.1. The van der Waals surface area contributed by atoms with E-state index in [1.165, 1.54) is 11.0 Å². The first-order valence-electron chi connectivity index (χ1n) is 10.1. The summed E-state index contributed by atoms with van der Waals surface area (Å²) in [7, 11) is 0. The van der Waals surface area contributed by atoms with E-state index in [9.17, 15) is 9.70 Å². The van der Waals surface area contributed by atoms with Crippen LogP contribution in [0.2, 0.25) is 0 Å². The molecule has 1 aromatic carbocycles. The molecule has 158 valence electrons. The van der Waals surface area contributed by atoms with E-state index in [0.717, 1.165) is 11.1 Å². The van der Waals surface area contributed by atoms with Crippen LogP contribution in [0.25, 0.3) is 5.57 Å². The van der Waals surface area contributed by atoms with Crippen LogP contribution in [0.3, 0.4) is 0 Å². The number of nitroso groups, excluding NO2 is 1. The van der Waals surface area contributed by atoms with E-state index in [4.69, 9.17) is 4.74 Å². The van der Waals surface area contributed by atoms with E-state index < -0.39 is 24.1 Å². The van der Waals surface area contributed by atoms with Crippen molar-refractivity contribution in [2.75, 3.05) is 11.4 Å². The summed E-state index contributed by atoms with van der Waals surface area (Å²) in [6, 6.07) is 3.19. The minimum Gasteiger partial charge on any atom is -0.441 e. The first kappa shape index (κ1) is 19.5. The largest absolute Gasteiger partial charge is 0.441 e. The second-order valence-corrected chi connectivity index (χ2v) is 8.10. The molecule has 1 amide bonds. The number of cyclic esters (lactones) is 1. The van der Waals surface area contributed by atoms with Crippen LogP contribution in [-0.2, 0) is 11.2 Å². The highest BCUT2D eigenvalue weighted by molar-refractivity contribution is 5.99. The summed E-state index contributed by atoms with van der Waals surface area (Å²) < 4.78 is 22.2. The lowest BCUT2D eigenvalue weighted by Crippen LogP contribution is -2.34. The molecule has 4 aliphatic heterocycles. The van der Waals surface area contributed by atoms with Crippen molar-refractivity contribution in [3.05, 3.63) is 64.4 Å². The van der Waals surface area contributed by atoms with E-state index in [2.05, 4.69) is 28.8 Å². The van der Waals surface area contributed by atoms with Crippen LogP contribution in [0.4, 0.5) is 14.9 Å². The number of anilines is 1. The number of hydrogen-bond acceptors (Lipinski definition) is 6. The number of carbonyl (C=O) groups is 1. The van der Waals surface area contributed by atoms with Crippen LogP contribution in [-0.4, -0.2) is 47.5 Å². The predicted molar refractivity (Wildman–Crippen MR) is 113 cm³/mol. The average molecular weight is 422 g/mol. The van der Waals surface area contributed by atoms with Crippen LogP contribution in [0, 0.1) is 10.7 Å². The molecule has 0 N–H and O–H groups in total. The molecule has 2 fully saturated rings. The van der Waals surface area contributed by atoms with Crippen molar-refractivity contribution < 1.29 is 18.6 Å². The van der Waals surface area contributed by atoms with Crippen molar-refractivity contribution in [3.8, 4) is 0 Å². The standard InChI is InChI=1S/C22H21FN5O3/c1-4-13(6-5-11(2)20-25-21-12(3)28(21)26-20)14-7-15-9-17-18(10-24-30)31-22(29)27(17)19(15)16(23)8-14/h4-8,12,17-18,21H,1,9-10H2,2-3H3/q+1. The van der Waals surface area contributed by atoms with Crippen molar-refractivity contribution in [3.63, 3.8) is 0 Å². The third-order valence-electron chi connectivity index (χ3n) is 6.19. The highest BCUT2D eigenvalue weighted by Crippen LogP contribution is 2.42. The van der Waals surface area contributed by atoms with Crippen LogP contribution >= 0.6 is 0 Å². The fourth-order valence-electron chi connectivity index (χ4n) is 4.40. The summed E-state index contributed by atoms with van der Waals surface area (Å²) in [6.07, 6.45) is 4.65. The number of halogens is 1. The van der Waals surface area contributed by atoms with E-state index in [-0.39, 0.29) is 18.4 Å². The molecule has 0 aliphatic carbocycles. The number of rotatable bonds is 6. The van der Waals surface area contributed by atoms with Gasteiger partial charge in [-0.2, -0.15) is 9.90 Å². The monoisotopic (exact) mass is 422 g/mol. The molecule has 4 unspecified atom stereocenters. The van der Waals surface area contributed by atoms with Gasteiger partial charge in [-0.1, -0.05) is 34.7 Å². The normalized spacial score (nSPS) is 28.5. The van der Waals surface area contributed by atoms with Crippen molar-refractivity contribution >= 4 is 23.2 Å². The smallest absolute Gasteiger partial charge is 0.415 e. The summed E-state index contributed by atoms with van der Waals surface area (Å²) in [5.41, 5.74) is 3.20. The Hall–Kier alpha value is -3.49. The summed E-state index contributed by atoms with van der Waals surface area (Å²) in [5, 5.41) is 7.31. The number of allylic oxidation sites excluding steroid dienone is 4. The molecule has 31 heavy (non-hydrogen) atoms. The molecule has 1 aromatic rings. The first-order chi connectivity index (χ1) is 14.9. The summed E-state index contributed by atoms with van der Waals surface area (Å²) in [5.74, 6) is 0.189. The Labute approximate surface area is 178 Å². The number of amidine groups is 1. The lowest BCUT2D eigenvalue weighted by atomic mass is 9.99.